The van der Waals surface area contributed by atoms with Crippen LogP contribution in [0.25, 0.3) is 0 Å². The van der Waals surface area contributed by atoms with Crippen LogP contribution in [0.2, 0.25) is 0 Å². The molecule has 1 aromatic rings. The molecule has 0 heterocycles. The Morgan fingerprint density at radius 1 is 1.33 bits per heavy atom. The SMILES string of the molecule is Cc1cc(NCCCN(C)C)ccc1Br. The van der Waals surface area contributed by atoms with E-state index >= 15 is 0 Å². The van der Waals surface area contributed by atoms with Gasteiger partial charge in [-0.05, 0) is 57.7 Å². The molecular weight excluding hydrogens is 252 g/mol. The van der Waals surface area contributed by atoms with Gasteiger partial charge in [-0.15, -0.1) is 0 Å². The summed E-state index contributed by atoms with van der Waals surface area (Å²) in [5.74, 6) is 0. The van der Waals surface area contributed by atoms with Gasteiger partial charge in [-0.1, -0.05) is 15.9 Å². The largest absolute Gasteiger partial charge is 0.385 e. The number of aryl methyl sites for hydroxylation is 1. The molecule has 0 saturated heterocycles. The highest BCUT2D eigenvalue weighted by molar-refractivity contribution is 9.10. The molecule has 0 spiro atoms. The minimum atomic E-state index is 1.03. The topological polar surface area (TPSA) is 15.3 Å². The quantitative estimate of drug-likeness (QED) is 0.828. The number of hydrogen-bond acceptors (Lipinski definition) is 2. The highest BCUT2D eigenvalue weighted by atomic mass is 79.9. The Kier molecular flexibility index (Phi) is 5.12. The Morgan fingerprint density at radius 2 is 2.07 bits per heavy atom. The summed E-state index contributed by atoms with van der Waals surface area (Å²) in [6.07, 6.45) is 1.17. The van der Waals surface area contributed by atoms with Crippen molar-refractivity contribution in [1.82, 2.24) is 4.90 Å². The van der Waals surface area contributed by atoms with E-state index in [-0.39, 0.29) is 0 Å². The molecule has 0 fully saturated rings. The van der Waals surface area contributed by atoms with Gasteiger partial charge in [0.15, 0.2) is 0 Å². The van der Waals surface area contributed by atoms with Crippen molar-refractivity contribution in [3.8, 4) is 0 Å². The Balaban J connectivity index is 2.35. The van der Waals surface area contributed by atoms with Gasteiger partial charge in [0, 0.05) is 16.7 Å². The maximum atomic E-state index is 3.50. The molecule has 0 bridgehead atoms. The van der Waals surface area contributed by atoms with Crippen LogP contribution < -0.4 is 5.32 Å². The van der Waals surface area contributed by atoms with Gasteiger partial charge in [0.2, 0.25) is 0 Å². The third-order valence-electron chi connectivity index (χ3n) is 2.27. The summed E-state index contributed by atoms with van der Waals surface area (Å²) in [6.45, 7) is 4.26. The summed E-state index contributed by atoms with van der Waals surface area (Å²) in [5.41, 5.74) is 2.47. The number of rotatable bonds is 5. The van der Waals surface area contributed by atoms with Crippen molar-refractivity contribution < 1.29 is 0 Å². The molecule has 1 rings (SSSR count). The first-order valence-corrected chi connectivity index (χ1v) is 6.03. The number of halogens is 1. The number of hydrogen-bond donors (Lipinski definition) is 1. The van der Waals surface area contributed by atoms with Crippen LogP contribution in [0, 0.1) is 6.92 Å². The van der Waals surface area contributed by atoms with Gasteiger partial charge in [0.1, 0.15) is 0 Å². The molecule has 0 unspecified atom stereocenters. The molecule has 3 heteroatoms. The molecule has 0 saturated carbocycles. The standard InChI is InChI=1S/C12H19BrN2/c1-10-9-11(5-6-12(10)13)14-7-4-8-15(2)3/h5-6,9,14H,4,7-8H2,1-3H3. The Morgan fingerprint density at radius 3 is 2.67 bits per heavy atom. The molecule has 15 heavy (non-hydrogen) atoms. The predicted octanol–water partition coefficient (Wildman–Crippen LogP) is 3.12. The van der Waals surface area contributed by atoms with E-state index in [1.807, 2.05) is 0 Å². The monoisotopic (exact) mass is 270 g/mol. The number of nitrogens with one attached hydrogen (secondary N) is 1. The first-order valence-electron chi connectivity index (χ1n) is 5.24. The van der Waals surface area contributed by atoms with Crippen molar-refractivity contribution in [3.63, 3.8) is 0 Å². The van der Waals surface area contributed by atoms with E-state index in [1.165, 1.54) is 22.1 Å². The van der Waals surface area contributed by atoms with E-state index in [1.54, 1.807) is 0 Å². The van der Waals surface area contributed by atoms with E-state index in [0.717, 1.165) is 13.1 Å². The minimum absolute atomic E-state index is 1.03. The zero-order valence-electron chi connectivity index (χ0n) is 9.68. The molecule has 0 aliphatic rings. The van der Waals surface area contributed by atoms with E-state index in [4.69, 9.17) is 0 Å². The third kappa shape index (κ3) is 4.67. The van der Waals surface area contributed by atoms with Crippen LogP contribution in [0.5, 0.6) is 0 Å². The predicted molar refractivity (Wildman–Crippen MR) is 70.5 cm³/mol. The van der Waals surface area contributed by atoms with Gasteiger partial charge in [0.05, 0.1) is 0 Å². The van der Waals surface area contributed by atoms with Gasteiger partial charge >= 0.3 is 0 Å². The van der Waals surface area contributed by atoms with Crippen LogP contribution in [0.3, 0.4) is 0 Å². The first kappa shape index (κ1) is 12.5. The fraction of sp³-hybridized carbons (Fsp3) is 0.500. The Hall–Kier alpha value is -0.540. The van der Waals surface area contributed by atoms with Crippen LogP contribution >= 0.6 is 15.9 Å². The Bertz CT molecular complexity index is 310. The first-order chi connectivity index (χ1) is 7.09. The normalized spacial score (nSPS) is 10.7. The lowest BCUT2D eigenvalue weighted by Crippen LogP contribution is -2.16. The van der Waals surface area contributed by atoms with Crippen LogP contribution in [-0.2, 0) is 0 Å². The molecule has 1 N–H and O–H groups in total. The summed E-state index contributed by atoms with van der Waals surface area (Å²) >= 11 is 3.50. The van der Waals surface area contributed by atoms with Crippen molar-refractivity contribution in [2.45, 2.75) is 13.3 Å². The maximum absolute atomic E-state index is 3.50. The van der Waals surface area contributed by atoms with Crippen molar-refractivity contribution in [3.05, 3.63) is 28.2 Å². The summed E-state index contributed by atoms with van der Waals surface area (Å²) in [5, 5.41) is 3.42. The molecular formula is C12H19BrN2. The maximum Gasteiger partial charge on any atom is 0.0343 e. The van der Waals surface area contributed by atoms with E-state index in [2.05, 4.69) is 65.4 Å². The summed E-state index contributed by atoms with van der Waals surface area (Å²) in [7, 11) is 4.20. The van der Waals surface area contributed by atoms with Crippen molar-refractivity contribution in [2.75, 3.05) is 32.5 Å². The zero-order chi connectivity index (χ0) is 11.3. The second-order valence-electron chi connectivity index (χ2n) is 4.05. The molecule has 0 aliphatic carbocycles. The molecule has 0 radical (unpaired) electrons. The second kappa shape index (κ2) is 6.13. The van der Waals surface area contributed by atoms with E-state index in [0.29, 0.717) is 0 Å². The fourth-order valence-electron chi connectivity index (χ4n) is 1.38. The average Bonchev–Trinajstić information content (AvgIpc) is 2.18. The lowest BCUT2D eigenvalue weighted by atomic mass is 10.2. The van der Waals surface area contributed by atoms with Crippen LogP contribution in [0.1, 0.15) is 12.0 Å². The van der Waals surface area contributed by atoms with Gasteiger partial charge in [-0.3, -0.25) is 0 Å². The highest BCUT2D eigenvalue weighted by Gasteiger charge is 1.96. The summed E-state index contributed by atoms with van der Waals surface area (Å²) < 4.78 is 1.17. The third-order valence-corrected chi connectivity index (χ3v) is 3.16. The number of benzene rings is 1. The average molecular weight is 271 g/mol. The van der Waals surface area contributed by atoms with E-state index < -0.39 is 0 Å². The summed E-state index contributed by atoms with van der Waals surface area (Å²) in [6, 6.07) is 6.36. The molecule has 0 aliphatic heterocycles. The van der Waals surface area contributed by atoms with Gasteiger partial charge in [-0.2, -0.15) is 0 Å². The van der Waals surface area contributed by atoms with Gasteiger partial charge in [0.25, 0.3) is 0 Å². The van der Waals surface area contributed by atoms with Gasteiger partial charge in [-0.25, -0.2) is 0 Å². The molecule has 84 valence electrons. The van der Waals surface area contributed by atoms with E-state index in [9.17, 15) is 0 Å². The number of anilines is 1. The highest BCUT2D eigenvalue weighted by Crippen LogP contribution is 2.19. The smallest absolute Gasteiger partial charge is 0.0343 e. The lowest BCUT2D eigenvalue weighted by molar-refractivity contribution is 0.405. The molecule has 2 nitrogen and oxygen atoms in total. The second-order valence-corrected chi connectivity index (χ2v) is 4.90. The van der Waals surface area contributed by atoms with Crippen molar-refractivity contribution in [2.24, 2.45) is 0 Å². The minimum Gasteiger partial charge on any atom is -0.385 e. The van der Waals surface area contributed by atoms with Crippen molar-refractivity contribution >= 4 is 21.6 Å². The lowest BCUT2D eigenvalue weighted by Gasteiger charge is -2.11. The Labute approximate surface area is 101 Å². The molecule has 0 amide bonds. The summed E-state index contributed by atoms with van der Waals surface area (Å²) in [4.78, 5) is 2.20. The van der Waals surface area contributed by atoms with Crippen LogP contribution in [0.15, 0.2) is 22.7 Å². The number of nitrogens with zero attached hydrogens (tertiary/aromatic N) is 1. The fourth-order valence-corrected chi connectivity index (χ4v) is 1.63. The van der Waals surface area contributed by atoms with Crippen LogP contribution in [0.4, 0.5) is 5.69 Å². The zero-order valence-corrected chi connectivity index (χ0v) is 11.3. The molecule has 0 atom stereocenters. The van der Waals surface area contributed by atoms with Crippen LogP contribution in [-0.4, -0.2) is 32.1 Å². The van der Waals surface area contributed by atoms with Gasteiger partial charge < -0.3 is 10.2 Å². The molecule has 1 aromatic carbocycles. The molecule has 0 aromatic heterocycles. The van der Waals surface area contributed by atoms with Crippen molar-refractivity contribution in [1.29, 1.82) is 0 Å².